The first-order valence-corrected chi connectivity index (χ1v) is 6.02. The maximum Gasteiger partial charge on any atom is 0.338 e. The number of esters is 1. The zero-order valence-electron chi connectivity index (χ0n) is 10.8. The Morgan fingerprint density at radius 1 is 1.35 bits per heavy atom. The van der Waals surface area contributed by atoms with Crippen molar-refractivity contribution in [2.45, 2.75) is 26.8 Å². The third-order valence-corrected chi connectivity index (χ3v) is 2.64. The van der Waals surface area contributed by atoms with Gasteiger partial charge in [0.25, 0.3) is 0 Å². The monoisotopic (exact) mass is 235 g/mol. The Morgan fingerprint density at radius 3 is 2.71 bits per heavy atom. The molecule has 1 aromatic carbocycles. The van der Waals surface area contributed by atoms with E-state index >= 15 is 0 Å². The average molecular weight is 235 g/mol. The minimum atomic E-state index is -0.272. The van der Waals surface area contributed by atoms with Gasteiger partial charge in [-0.3, -0.25) is 0 Å². The van der Waals surface area contributed by atoms with Crippen LogP contribution in [0.25, 0.3) is 0 Å². The topological polar surface area (TPSA) is 38.3 Å². The average Bonchev–Trinajstić information content (AvgIpc) is 2.34. The molecule has 0 aromatic heterocycles. The van der Waals surface area contributed by atoms with Crippen LogP contribution in [0.2, 0.25) is 0 Å². The van der Waals surface area contributed by atoms with Crippen molar-refractivity contribution in [1.29, 1.82) is 0 Å². The first kappa shape index (κ1) is 13.7. The van der Waals surface area contributed by atoms with E-state index < -0.39 is 0 Å². The van der Waals surface area contributed by atoms with Crippen LogP contribution in [-0.2, 0) is 11.3 Å². The van der Waals surface area contributed by atoms with Crippen molar-refractivity contribution in [1.82, 2.24) is 5.32 Å². The van der Waals surface area contributed by atoms with Crippen LogP contribution < -0.4 is 5.32 Å². The van der Waals surface area contributed by atoms with E-state index in [4.69, 9.17) is 4.74 Å². The zero-order chi connectivity index (χ0) is 12.7. The van der Waals surface area contributed by atoms with Crippen molar-refractivity contribution in [2.24, 2.45) is 5.92 Å². The molecule has 0 aliphatic heterocycles. The standard InChI is InChI=1S/C14H21NO2/c1-11(2)8-9-15-10-12-6-4-5-7-13(12)14(16)17-3/h4-7,11,15H,8-10H2,1-3H3. The minimum Gasteiger partial charge on any atom is -0.465 e. The van der Waals surface area contributed by atoms with Crippen LogP contribution in [0.3, 0.4) is 0 Å². The Balaban J connectivity index is 2.55. The summed E-state index contributed by atoms with van der Waals surface area (Å²) in [5.74, 6) is 0.421. The Hall–Kier alpha value is -1.35. The van der Waals surface area contributed by atoms with Gasteiger partial charge in [0, 0.05) is 6.54 Å². The number of carbonyl (C=O) groups excluding carboxylic acids is 1. The van der Waals surface area contributed by atoms with Gasteiger partial charge >= 0.3 is 5.97 Å². The van der Waals surface area contributed by atoms with E-state index in [9.17, 15) is 4.79 Å². The van der Waals surface area contributed by atoms with Crippen LogP contribution in [0.15, 0.2) is 24.3 Å². The molecule has 0 spiro atoms. The lowest BCUT2D eigenvalue weighted by Crippen LogP contribution is -2.18. The zero-order valence-corrected chi connectivity index (χ0v) is 10.8. The maximum absolute atomic E-state index is 11.5. The summed E-state index contributed by atoms with van der Waals surface area (Å²) in [5, 5.41) is 3.34. The quantitative estimate of drug-likeness (QED) is 0.608. The van der Waals surface area contributed by atoms with Crippen molar-refractivity contribution in [3.05, 3.63) is 35.4 Å². The second-order valence-corrected chi connectivity index (χ2v) is 4.51. The maximum atomic E-state index is 11.5. The van der Waals surface area contributed by atoms with E-state index in [1.165, 1.54) is 7.11 Å². The van der Waals surface area contributed by atoms with E-state index in [0.29, 0.717) is 18.0 Å². The molecule has 0 unspecified atom stereocenters. The van der Waals surface area contributed by atoms with Gasteiger partial charge in [-0.05, 0) is 30.5 Å². The number of methoxy groups -OCH3 is 1. The molecule has 3 nitrogen and oxygen atoms in total. The second-order valence-electron chi connectivity index (χ2n) is 4.51. The molecule has 0 fully saturated rings. The summed E-state index contributed by atoms with van der Waals surface area (Å²) in [5.41, 5.74) is 1.63. The number of rotatable bonds is 6. The number of nitrogens with one attached hydrogen (secondary N) is 1. The summed E-state index contributed by atoms with van der Waals surface area (Å²) in [6.07, 6.45) is 1.14. The van der Waals surface area contributed by atoms with Crippen LogP contribution in [-0.4, -0.2) is 19.6 Å². The third-order valence-electron chi connectivity index (χ3n) is 2.64. The smallest absolute Gasteiger partial charge is 0.338 e. The highest BCUT2D eigenvalue weighted by Gasteiger charge is 2.09. The lowest BCUT2D eigenvalue weighted by molar-refractivity contribution is 0.0599. The summed E-state index contributed by atoms with van der Waals surface area (Å²) < 4.78 is 4.75. The van der Waals surface area contributed by atoms with E-state index in [2.05, 4.69) is 19.2 Å². The summed E-state index contributed by atoms with van der Waals surface area (Å²) >= 11 is 0. The van der Waals surface area contributed by atoms with Gasteiger partial charge in [-0.25, -0.2) is 4.79 Å². The third kappa shape index (κ3) is 4.57. The van der Waals surface area contributed by atoms with E-state index in [-0.39, 0.29) is 5.97 Å². The van der Waals surface area contributed by atoms with Gasteiger partial charge < -0.3 is 10.1 Å². The van der Waals surface area contributed by atoms with Crippen molar-refractivity contribution in [3.63, 3.8) is 0 Å². The van der Waals surface area contributed by atoms with Crippen LogP contribution in [0, 0.1) is 5.92 Å². The van der Waals surface area contributed by atoms with Crippen LogP contribution in [0.1, 0.15) is 36.2 Å². The lowest BCUT2D eigenvalue weighted by atomic mass is 10.1. The highest BCUT2D eigenvalue weighted by molar-refractivity contribution is 5.90. The van der Waals surface area contributed by atoms with Gasteiger partial charge in [-0.2, -0.15) is 0 Å². The summed E-state index contributed by atoms with van der Waals surface area (Å²) in [4.78, 5) is 11.5. The molecule has 1 aromatic rings. The number of carbonyl (C=O) groups is 1. The highest BCUT2D eigenvalue weighted by atomic mass is 16.5. The van der Waals surface area contributed by atoms with Gasteiger partial charge in [-0.1, -0.05) is 32.0 Å². The molecule has 1 rings (SSSR count). The lowest BCUT2D eigenvalue weighted by Gasteiger charge is -2.10. The van der Waals surface area contributed by atoms with Gasteiger partial charge in [0.2, 0.25) is 0 Å². The van der Waals surface area contributed by atoms with Crippen molar-refractivity contribution in [3.8, 4) is 0 Å². The van der Waals surface area contributed by atoms with E-state index in [0.717, 1.165) is 18.5 Å². The molecule has 94 valence electrons. The fourth-order valence-corrected chi connectivity index (χ4v) is 1.60. The van der Waals surface area contributed by atoms with Crippen LogP contribution in [0.4, 0.5) is 0 Å². The van der Waals surface area contributed by atoms with Gasteiger partial charge in [-0.15, -0.1) is 0 Å². The fourth-order valence-electron chi connectivity index (χ4n) is 1.60. The Bertz CT molecular complexity index is 361. The first-order valence-electron chi connectivity index (χ1n) is 6.02. The van der Waals surface area contributed by atoms with E-state index in [1.54, 1.807) is 6.07 Å². The van der Waals surface area contributed by atoms with Crippen LogP contribution >= 0.6 is 0 Å². The molecule has 0 amide bonds. The summed E-state index contributed by atoms with van der Waals surface area (Å²) in [6, 6.07) is 7.54. The van der Waals surface area contributed by atoms with E-state index in [1.807, 2.05) is 18.2 Å². The number of hydrogen-bond donors (Lipinski definition) is 1. The highest BCUT2D eigenvalue weighted by Crippen LogP contribution is 2.10. The molecule has 3 heteroatoms. The molecule has 1 N–H and O–H groups in total. The second kappa shape index (κ2) is 7.07. The number of ether oxygens (including phenoxy) is 1. The predicted octanol–water partition coefficient (Wildman–Crippen LogP) is 2.61. The molecule has 0 aliphatic carbocycles. The molecule has 0 saturated carbocycles. The predicted molar refractivity (Wildman–Crippen MR) is 68.9 cm³/mol. The molecular formula is C14H21NO2. The Kier molecular flexibility index (Phi) is 5.70. The summed E-state index contributed by atoms with van der Waals surface area (Å²) in [7, 11) is 1.41. The SMILES string of the molecule is COC(=O)c1ccccc1CNCCC(C)C. The van der Waals surface area contributed by atoms with Crippen molar-refractivity contribution in [2.75, 3.05) is 13.7 Å². The molecular weight excluding hydrogens is 214 g/mol. The van der Waals surface area contributed by atoms with Crippen molar-refractivity contribution >= 4 is 5.97 Å². The number of benzene rings is 1. The molecule has 0 saturated heterocycles. The Morgan fingerprint density at radius 2 is 2.06 bits per heavy atom. The van der Waals surface area contributed by atoms with Gasteiger partial charge in [0.1, 0.15) is 0 Å². The van der Waals surface area contributed by atoms with Gasteiger partial charge in [0.05, 0.1) is 12.7 Å². The Labute approximate surface area is 103 Å². The first-order chi connectivity index (χ1) is 8.15. The molecule has 0 aliphatic rings. The van der Waals surface area contributed by atoms with Crippen LogP contribution in [0.5, 0.6) is 0 Å². The largest absolute Gasteiger partial charge is 0.465 e. The normalized spacial score (nSPS) is 10.6. The molecule has 0 heterocycles. The van der Waals surface area contributed by atoms with Crippen molar-refractivity contribution < 1.29 is 9.53 Å². The molecule has 17 heavy (non-hydrogen) atoms. The molecule has 0 atom stereocenters. The van der Waals surface area contributed by atoms with Gasteiger partial charge in [0.15, 0.2) is 0 Å². The minimum absolute atomic E-state index is 0.272. The number of hydrogen-bond acceptors (Lipinski definition) is 3. The molecule has 0 bridgehead atoms. The fraction of sp³-hybridized carbons (Fsp3) is 0.500. The molecule has 0 radical (unpaired) electrons. The summed E-state index contributed by atoms with van der Waals surface area (Å²) in [6.45, 7) is 6.07.